The number of nitrogens with one attached hydrogen (secondary N) is 2. The largest absolute Gasteiger partial charge is 0.507 e. The van der Waals surface area contributed by atoms with Crippen molar-refractivity contribution in [3.05, 3.63) is 35.0 Å². The number of aromatic nitrogens is 1. The third kappa shape index (κ3) is 4.71. The van der Waals surface area contributed by atoms with Crippen LogP contribution in [0.1, 0.15) is 50.9 Å². The van der Waals surface area contributed by atoms with Crippen LogP contribution in [-0.2, 0) is 9.59 Å². The number of phenols is 1. The first-order chi connectivity index (χ1) is 14.1. The molecule has 1 aliphatic heterocycles. The first kappa shape index (κ1) is 22.4. The average Bonchev–Trinajstić information content (AvgIpc) is 3.36. The zero-order valence-electron chi connectivity index (χ0n) is 17.9. The van der Waals surface area contributed by atoms with Crippen LogP contribution in [0.25, 0.3) is 10.4 Å². The summed E-state index contributed by atoms with van der Waals surface area (Å²) >= 11 is 1.44. The number of nitrogens with two attached hydrogens (primary N) is 1. The van der Waals surface area contributed by atoms with E-state index in [0.29, 0.717) is 11.1 Å². The lowest BCUT2D eigenvalue weighted by molar-refractivity contribution is -0.130. The van der Waals surface area contributed by atoms with E-state index >= 15 is 0 Å². The normalized spacial score (nSPS) is 18.8. The molecule has 0 radical (unpaired) electrons. The molecule has 30 heavy (non-hydrogen) atoms. The first-order valence-electron chi connectivity index (χ1n) is 10.2. The number of carbonyl (C=O) groups excluding carboxylic acids is 2. The molecule has 2 heterocycles. The van der Waals surface area contributed by atoms with Gasteiger partial charge in [0.1, 0.15) is 11.8 Å². The van der Waals surface area contributed by atoms with Crippen LogP contribution >= 0.6 is 11.3 Å². The van der Waals surface area contributed by atoms with E-state index in [1.54, 1.807) is 17.6 Å². The second-order valence-electron chi connectivity index (χ2n) is 8.88. The second kappa shape index (κ2) is 8.83. The Morgan fingerprint density at radius 3 is 2.63 bits per heavy atom. The van der Waals surface area contributed by atoms with Gasteiger partial charge in [0.15, 0.2) is 5.78 Å². The fourth-order valence-corrected chi connectivity index (χ4v) is 4.40. The molecule has 5 N–H and O–H groups in total. The van der Waals surface area contributed by atoms with Gasteiger partial charge in [-0.1, -0.05) is 26.8 Å². The molecule has 2 unspecified atom stereocenters. The maximum atomic E-state index is 13.3. The monoisotopic (exact) mass is 430 g/mol. The van der Waals surface area contributed by atoms with Gasteiger partial charge in [-0.3, -0.25) is 9.59 Å². The number of phenolic OH excluding ortho intramolecular Hbond substituents is 1. The van der Waals surface area contributed by atoms with Gasteiger partial charge in [0.25, 0.3) is 0 Å². The Balaban J connectivity index is 1.94. The number of rotatable bonds is 6. The Kier molecular flexibility index (Phi) is 6.59. The van der Waals surface area contributed by atoms with Crippen molar-refractivity contribution in [1.29, 1.82) is 0 Å². The minimum atomic E-state index is -0.934. The second-order valence-corrected chi connectivity index (χ2v) is 9.73. The maximum Gasteiger partial charge on any atom is 0.237 e. The number of hydrogen-bond acceptors (Lipinski definition) is 7. The number of amides is 1. The van der Waals surface area contributed by atoms with Crippen LogP contribution in [0, 0.1) is 12.3 Å². The summed E-state index contributed by atoms with van der Waals surface area (Å²) in [5, 5.41) is 16.7. The molecule has 1 aliphatic rings. The van der Waals surface area contributed by atoms with Crippen LogP contribution in [0.15, 0.2) is 23.7 Å². The number of carbonyl (C=O) groups is 2. The van der Waals surface area contributed by atoms with E-state index in [1.807, 2.05) is 27.7 Å². The molecule has 0 bridgehead atoms. The molecule has 3 rings (SSSR count). The number of nitrogens with zero attached hydrogens (tertiary/aromatic N) is 1. The van der Waals surface area contributed by atoms with Gasteiger partial charge in [-0.15, -0.1) is 11.3 Å². The zero-order valence-corrected chi connectivity index (χ0v) is 18.7. The van der Waals surface area contributed by atoms with E-state index in [-0.39, 0.29) is 23.5 Å². The highest BCUT2D eigenvalue weighted by Gasteiger charge is 2.36. The van der Waals surface area contributed by atoms with Gasteiger partial charge in [0, 0.05) is 5.56 Å². The molecular weight excluding hydrogens is 400 g/mol. The van der Waals surface area contributed by atoms with Crippen LogP contribution in [-0.4, -0.2) is 40.4 Å². The summed E-state index contributed by atoms with van der Waals surface area (Å²) in [6, 6.07) is 3.03. The summed E-state index contributed by atoms with van der Waals surface area (Å²) in [5.74, 6) is -0.473. The van der Waals surface area contributed by atoms with Crippen molar-refractivity contribution >= 4 is 23.0 Å². The fourth-order valence-electron chi connectivity index (χ4n) is 3.56. The third-order valence-corrected chi connectivity index (χ3v) is 6.49. The Hall–Kier alpha value is -2.29. The average molecular weight is 431 g/mol. The van der Waals surface area contributed by atoms with Crippen molar-refractivity contribution in [2.75, 3.05) is 6.54 Å². The lowest BCUT2D eigenvalue weighted by atomic mass is 9.81. The Labute approximate surface area is 181 Å². The standard InChI is InChI=1S/C22H30N4O3S/c1-12-19(30-11-25-12)14-8-7-13(10-16(14)27)17(18(28)20(23)22(2,3)4)26-21(29)15-6-5-9-24-15/h7-8,10-11,15,17,20,24,27H,5-6,9,23H2,1-4H3,(H,26,29)/t15?,17?,20-/m1/s1. The van der Waals surface area contributed by atoms with Crippen LogP contribution in [0.2, 0.25) is 0 Å². The molecule has 0 saturated carbocycles. The Morgan fingerprint density at radius 2 is 2.10 bits per heavy atom. The molecule has 2 aromatic rings. The molecule has 1 aromatic heterocycles. The summed E-state index contributed by atoms with van der Waals surface area (Å²) in [4.78, 5) is 31.1. The summed E-state index contributed by atoms with van der Waals surface area (Å²) in [7, 11) is 0. The van der Waals surface area contributed by atoms with Gasteiger partial charge in [-0.25, -0.2) is 4.98 Å². The molecular formula is C22H30N4O3S. The lowest BCUT2D eigenvalue weighted by Crippen LogP contribution is -2.51. The molecule has 0 spiro atoms. The van der Waals surface area contributed by atoms with E-state index < -0.39 is 17.5 Å². The highest BCUT2D eigenvalue weighted by atomic mass is 32.1. The SMILES string of the molecule is Cc1ncsc1-c1ccc(C(NC(=O)C2CCCN2)C(=O)[C@@H](N)C(C)(C)C)cc1O. The summed E-state index contributed by atoms with van der Waals surface area (Å²) in [5.41, 5.74) is 9.48. The Bertz CT molecular complexity index is 929. The topological polar surface area (TPSA) is 117 Å². The predicted molar refractivity (Wildman–Crippen MR) is 118 cm³/mol. The number of benzene rings is 1. The van der Waals surface area contributed by atoms with Gasteiger partial charge in [-0.05, 0) is 49.4 Å². The van der Waals surface area contributed by atoms with Gasteiger partial charge in [0.2, 0.25) is 5.91 Å². The number of aryl methyl sites for hydroxylation is 1. The minimum absolute atomic E-state index is 0.0372. The molecule has 1 saturated heterocycles. The number of hydrogen-bond donors (Lipinski definition) is 4. The van der Waals surface area contributed by atoms with Gasteiger partial charge in [-0.2, -0.15) is 0 Å². The first-order valence-corrected chi connectivity index (χ1v) is 11.0. The highest BCUT2D eigenvalue weighted by Crippen LogP contribution is 2.36. The van der Waals surface area contributed by atoms with E-state index in [9.17, 15) is 14.7 Å². The van der Waals surface area contributed by atoms with Crippen LogP contribution in [0.3, 0.4) is 0 Å². The van der Waals surface area contributed by atoms with Crippen LogP contribution < -0.4 is 16.4 Å². The lowest BCUT2D eigenvalue weighted by Gasteiger charge is -2.30. The van der Waals surface area contributed by atoms with Crippen molar-refractivity contribution in [1.82, 2.24) is 15.6 Å². The van der Waals surface area contributed by atoms with Gasteiger partial charge in [0.05, 0.1) is 28.2 Å². The highest BCUT2D eigenvalue weighted by molar-refractivity contribution is 7.13. The van der Waals surface area contributed by atoms with E-state index in [1.165, 1.54) is 17.4 Å². The van der Waals surface area contributed by atoms with E-state index in [0.717, 1.165) is 30.0 Å². The minimum Gasteiger partial charge on any atom is -0.507 e. The van der Waals surface area contributed by atoms with Crippen molar-refractivity contribution in [2.45, 2.75) is 58.7 Å². The predicted octanol–water partition coefficient (Wildman–Crippen LogP) is 2.68. The molecule has 8 heteroatoms. The molecule has 0 aliphatic carbocycles. The van der Waals surface area contributed by atoms with Crippen molar-refractivity contribution < 1.29 is 14.7 Å². The molecule has 1 fully saturated rings. The summed E-state index contributed by atoms with van der Waals surface area (Å²) in [6.07, 6.45) is 1.65. The third-order valence-electron chi connectivity index (χ3n) is 5.53. The Morgan fingerprint density at radius 1 is 1.37 bits per heavy atom. The van der Waals surface area contributed by atoms with Crippen LogP contribution in [0.5, 0.6) is 5.75 Å². The quantitative estimate of drug-likeness (QED) is 0.560. The van der Waals surface area contributed by atoms with Gasteiger partial charge < -0.3 is 21.5 Å². The zero-order chi connectivity index (χ0) is 22.1. The molecule has 162 valence electrons. The number of thiazole rings is 1. The molecule has 1 amide bonds. The number of aromatic hydroxyl groups is 1. The number of ketones is 1. The smallest absolute Gasteiger partial charge is 0.237 e. The molecule has 1 aromatic carbocycles. The van der Waals surface area contributed by atoms with Gasteiger partial charge >= 0.3 is 0 Å². The number of Topliss-reactive ketones (excluding diaryl/α,β-unsaturated/α-hetero) is 1. The molecule has 7 nitrogen and oxygen atoms in total. The fraction of sp³-hybridized carbons (Fsp3) is 0.500. The van der Waals surface area contributed by atoms with Crippen LogP contribution in [0.4, 0.5) is 0 Å². The summed E-state index contributed by atoms with van der Waals surface area (Å²) in [6.45, 7) is 8.32. The summed E-state index contributed by atoms with van der Waals surface area (Å²) < 4.78 is 0. The van der Waals surface area contributed by atoms with Crippen molar-refractivity contribution in [2.24, 2.45) is 11.1 Å². The van der Waals surface area contributed by atoms with E-state index in [4.69, 9.17) is 5.73 Å². The van der Waals surface area contributed by atoms with Crippen molar-refractivity contribution in [3.63, 3.8) is 0 Å². The van der Waals surface area contributed by atoms with Crippen molar-refractivity contribution in [3.8, 4) is 16.2 Å². The van der Waals surface area contributed by atoms with E-state index in [2.05, 4.69) is 15.6 Å². The maximum absolute atomic E-state index is 13.3. The molecule has 3 atom stereocenters.